The van der Waals surface area contributed by atoms with Crippen LogP contribution in [0.15, 0.2) is 54.6 Å². The molecule has 2 heterocycles. The predicted molar refractivity (Wildman–Crippen MR) is 129 cm³/mol. The molecule has 2 aromatic heterocycles. The highest BCUT2D eigenvalue weighted by molar-refractivity contribution is 7.22. The maximum absolute atomic E-state index is 6.09. The average Bonchev–Trinajstić information content (AvgIpc) is 3.29. The van der Waals surface area contributed by atoms with Crippen LogP contribution in [0.2, 0.25) is 5.02 Å². The molecule has 150 valence electrons. The van der Waals surface area contributed by atoms with Crippen molar-refractivity contribution in [1.82, 2.24) is 14.8 Å². The van der Waals surface area contributed by atoms with Crippen molar-refractivity contribution in [3.05, 3.63) is 65.2 Å². The van der Waals surface area contributed by atoms with E-state index in [1.54, 1.807) is 11.3 Å². The summed E-state index contributed by atoms with van der Waals surface area (Å²) < 4.78 is 3.13. The Morgan fingerprint density at radius 1 is 0.967 bits per heavy atom. The molecule has 0 amide bonds. The van der Waals surface area contributed by atoms with E-state index >= 15 is 0 Å². The van der Waals surface area contributed by atoms with E-state index in [1.165, 1.54) is 15.8 Å². The molecule has 0 fully saturated rings. The first kappa shape index (κ1) is 19.1. The molecule has 0 aliphatic carbocycles. The van der Waals surface area contributed by atoms with Crippen LogP contribution in [-0.2, 0) is 7.05 Å². The summed E-state index contributed by atoms with van der Waals surface area (Å²) in [7, 11) is 6.02. The van der Waals surface area contributed by atoms with Gasteiger partial charge in [0.05, 0.1) is 15.7 Å². The van der Waals surface area contributed by atoms with Crippen molar-refractivity contribution in [2.45, 2.75) is 6.92 Å². The molecule has 30 heavy (non-hydrogen) atoms. The number of rotatable bonds is 3. The van der Waals surface area contributed by atoms with Gasteiger partial charge in [-0.05, 0) is 54.4 Å². The molecule has 0 aliphatic rings. The largest absolute Gasteiger partial charge is 0.361 e. The Hall–Kier alpha value is -2.89. The van der Waals surface area contributed by atoms with Crippen molar-refractivity contribution in [3.63, 3.8) is 0 Å². The Balaban J connectivity index is 1.68. The van der Waals surface area contributed by atoms with Crippen LogP contribution >= 0.6 is 22.9 Å². The average molecular weight is 433 g/mol. The van der Waals surface area contributed by atoms with Gasteiger partial charge in [-0.1, -0.05) is 29.8 Å². The van der Waals surface area contributed by atoms with Crippen LogP contribution in [0.1, 0.15) is 5.56 Å². The van der Waals surface area contributed by atoms with Gasteiger partial charge in [-0.3, -0.25) is 4.68 Å². The third-order valence-electron chi connectivity index (χ3n) is 5.29. The summed E-state index contributed by atoms with van der Waals surface area (Å²) in [5.41, 5.74) is 6.78. The van der Waals surface area contributed by atoms with E-state index in [0.717, 1.165) is 43.4 Å². The number of benzene rings is 3. The quantitative estimate of drug-likeness (QED) is 0.324. The van der Waals surface area contributed by atoms with E-state index in [4.69, 9.17) is 16.6 Å². The summed E-state index contributed by atoms with van der Waals surface area (Å²) in [5.74, 6) is 0.976. The number of thiazole rings is 1. The summed E-state index contributed by atoms with van der Waals surface area (Å²) in [6.07, 6.45) is 0. The van der Waals surface area contributed by atoms with Crippen LogP contribution in [0, 0.1) is 6.92 Å². The van der Waals surface area contributed by atoms with Gasteiger partial charge >= 0.3 is 0 Å². The van der Waals surface area contributed by atoms with Crippen LogP contribution < -0.4 is 4.90 Å². The SMILES string of the molecule is Cc1cc(-c2ccc(Cl)cc2)c2sc(-c3ccc4c(N(C)C)nn(C)c4c3)nc2c1. The van der Waals surface area contributed by atoms with Crippen molar-refractivity contribution >= 4 is 49.9 Å². The maximum Gasteiger partial charge on any atom is 0.158 e. The maximum atomic E-state index is 6.09. The van der Waals surface area contributed by atoms with E-state index in [9.17, 15) is 0 Å². The molecule has 0 N–H and O–H groups in total. The van der Waals surface area contributed by atoms with Gasteiger partial charge in [-0.15, -0.1) is 11.3 Å². The molecule has 0 radical (unpaired) electrons. The minimum atomic E-state index is 0.745. The monoisotopic (exact) mass is 432 g/mol. The second-order valence-corrected chi connectivity index (χ2v) is 9.20. The van der Waals surface area contributed by atoms with Crippen molar-refractivity contribution in [1.29, 1.82) is 0 Å². The summed E-state index contributed by atoms with van der Waals surface area (Å²) >= 11 is 7.82. The molecule has 6 heteroatoms. The van der Waals surface area contributed by atoms with Crippen molar-refractivity contribution < 1.29 is 0 Å². The summed E-state index contributed by atoms with van der Waals surface area (Å²) in [6, 6.07) is 18.9. The van der Waals surface area contributed by atoms with Gasteiger partial charge in [0.2, 0.25) is 0 Å². The number of aromatic nitrogens is 3. The molecule has 3 aromatic carbocycles. The van der Waals surface area contributed by atoms with Crippen LogP contribution in [-0.4, -0.2) is 28.9 Å². The van der Waals surface area contributed by atoms with Crippen molar-refractivity contribution in [2.24, 2.45) is 7.05 Å². The molecule has 0 bridgehead atoms. The zero-order valence-electron chi connectivity index (χ0n) is 17.3. The number of aryl methyl sites for hydroxylation is 2. The summed E-state index contributed by atoms with van der Waals surface area (Å²) in [5, 5.41) is 7.56. The van der Waals surface area contributed by atoms with Crippen LogP contribution in [0.3, 0.4) is 0 Å². The minimum absolute atomic E-state index is 0.745. The number of anilines is 1. The fourth-order valence-electron chi connectivity index (χ4n) is 3.84. The van der Waals surface area contributed by atoms with Gasteiger partial charge in [0, 0.05) is 42.7 Å². The number of nitrogens with zero attached hydrogens (tertiary/aromatic N) is 4. The van der Waals surface area contributed by atoms with E-state index in [0.29, 0.717) is 0 Å². The number of hydrogen-bond donors (Lipinski definition) is 0. The standard InChI is InChI=1S/C24H21ClN4S/c1-14-11-19(15-5-8-17(25)9-6-15)22-20(12-14)26-24(30-22)16-7-10-18-21(13-16)29(4)27-23(18)28(2)3/h5-13H,1-4H3. The van der Waals surface area contributed by atoms with Gasteiger partial charge < -0.3 is 4.90 Å². The Kier molecular flexibility index (Phi) is 4.53. The van der Waals surface area contributed by atoms with Crippen molar-refractivity contribution in [2.75, 3.05) is 19.0 Å². The molecule has 4 nitrogen and oxygen atoms in total. The highest BCUT2D eigenvalue weighted by Crippen LogP contribution is 2.39. The van der Waals surface area contributed by atoms with Crippen LogP contribution in [0.5, 0.6) is 0 Å². The second-order valence-electron chi connectivity index (χ2n) is 7.76. The van der Waals surface area contributed by atoms with E-state index in [1.807, 2.05) is 42.9 Å². The molecule has 0 atom stereocenters. The first-order valence-electron chi connectivity index (χ1n) is 9.72. The molecule has 5 aromatic rings. The fraction of sp³-hybridized carbons (Fsp3) is 0.167. The third-order valence-corrected chi connectivity index (χ3v) is 6.70. The van der Waals surface area contributed by atoms with Gasteiger partial charge in [0.25, 0.3) is 0 Å². The molecule has 5 rings (SSSR count). The lowest BCUT2D eigenvalue weighted by Crippen LogP contribution is -2.09. The summed E-state index contributed by atoms with van der Waals surface area (Å²) in [4.78, 5) is 7.02. The summed E-state index contributed by atoms with van der Waals surface area (Å²) in [6.45, 7) is 2.11. The highest BCUT2D eigenvalue weighted by atomic mass is 35.5. The minimum Gasteiger partial charge on any atom is -0.361 e. The molecular formula is C24H21ClN4S. The van der Waals surface area contributed by atoms with E-state index in [2.05, 4.69) is 54.5 Å². The smallest absolute Gasteiger partial charge is 0.158 e. The molecule has 0 saturated carbocycles. The lowest BCUT2D eigenvalue weighted by molar-refractivity contribution is 0.789. The lowest BCUT2D eigenvalue weighted by atomic mass is 10.0. The first-order valence-corrected chi connectivity index (χ1v) is 10.9. The molecular weight excluding hydrogens is 412 g/mol. The van der Waals surface area contributed by atoms with Crippen LogP contribution in [0.4, 0.5) is 5.82 Å². The molecule has 0 saturated heterocycles. The second kappa shape index (κ2) is 7.11. The van der Waals surface area contributed by atoms with E-state index in [-0.39, 0.29) is 0 Å². The zero-order valence-corrected chi connectivity index (χ0v) is 18.8. The van der Waals surface area contributed by atoms with E-state index < -0.39 is 0 Å². The number of fused-ring (bicyclic) bond motifs is 2. The normalized spacial score (nSPS) is 11.5. The number of hydrogen-bond acceptors (Lipinski definition) is 4. The third kappa shape index (κ3) is 3.15. The highest BCUT2D eigenvalue weighted by Gasteiger charge is 2.15. The molecule has 0 unspecified atom stereocenters. The Morgan fingerprint density at radius 2 is 1.70 bits per heavy atom. The molecule has 0 spiro atoms. The van der Waals surface area contributed by atoms with Gasteiger partial charge in [0.15, 0.2) is 5.82 Å². The van der Waals surface area contributed by atoms with Gasteiger partial charge in [0.1, 0.15) is 5.01 Å². The Morgan fingerprint density at radius 3 is 2.43 bits per heavy atom. The predicted octanol–water partition coefficient (Wildman–Crippen LogP) is 6.54. The fourth-order valence-corrected chi connectivity index (χ4v) is 5.05. The van der Waals surface area contributed by atoms with Crippen LogP contribution in [0.25, 0.3) is 42.8 Å². The van der Waals surface area contributed by atoms with Gasteiger partial charge in [-0.2, -0.15) is 5.10 Å². The topological polar surface area (TPSA) is 34.0 Å². The molecule has 0 aliphatic heterocycles. The Labute approximate surface area is 184 Å². The number of halogens is 1. The van der Waals surface area contributed by atoms with Crippen molar-refractivity contribution in [3.8, 4) is 21.7 Å². The Bertz CT molecular complexity index is 1400. The lowest BCUT2D eigenvalue weighted by Gasteiger charge is -2.07. The zero-order chi connectivity index (χ0) is 21.0. The van der Waals surface area contributed by atoms with Gasteiger partial charge in [-0.25, -0.2) is 4.98 Å². The first-order chi connectivity index (χ1) is 14.4.